The average Bonchev–Trinajstić information content (AvgIpc) is 3.19. The summed E-state index contributed by atoms with van der Waals surface area (Å²) in [7, 11) is -3.50. The molecular weight excluding hydrogens is 416 g/mol. The number of rotatable bonds is 4. The number of nitrogens with zero attached hydrogens (tertiary/aromatic N) is 2. The Morgan fingerprint density at radius 2 is 1.71 bits per heavy atom. The minimum Gasteiger partial charge on any atom is -0.454 e. The molecule has 0 spiro atoms. The van der Waals surface area contributed by atoms with Crippen LogP contribution in [0.4, 0.5) is 0 Å². The fraction of sp³-hybridized carbons (Fsp3) is 0.435. The molecule has 5 rings (SSSR count). The molecule has 0 aromatic heterocycles. The van der Waals surface area contributed by atoms with Gasteiger partial charge in [-0.2, -0.15) is 4.31 Å². The second-order valence-electron chi connectivity index (χ2n) is 8.48. The van der Waals surface area contributed by atoms with Crippen LogP contribution in [0.25, 0.3) is 0 Å². The van der Waals surface area contributed by atoms with E-state index in [1.807, 2.05) is 29.2 Å². The van der Waals surface area contributed by atoms with Crippen molar-refractivity contribution in [1.82, 2.24) is 9.21 Å². The number of carbonyl (C=O) groups excluding carboxylic acids is 1. The molecule has 2 fully saturated rings. The molecule has 0 radical (unpaired) electrons. The Morgan fingerprint density at radius 3 is 2.55 bits per heavy atom. The molecule has 164 valence electrons. The summed E-state index contributed by atoms with van der Waals surface area (Å²) < 4.78 is 38.5. The van der Waals surface area contributed by atoms with E-state index in [0.29, 0.717) is 37.5 Å². The lowest BCUT2D eigenvalue weighted by Crippen LogP contribution is -2.43. The maximum atomic E-state index is 13.0. The van der Waals surface area contributed by atoms with E-state index in [0.717, 1.165) is 29.9 Å². The minimum absolute atomic E-state index is 0.143. The molecule has 3 aliphatic heterocycles. The van der Waals surface area contributed by atoms with E-state index >= 15 is 0 Å². The summed E-state index contributed by atoms with van der Waals surface area (Å²) >= 11 is 0. The normalized spacial score (nSPS) is 24.0. The van der Waals surface area contributed by atoms with Crippen LogP contribution in [0.5, 0.6) is 11.5 Å². The maximum Gasteiger partial charge on any atom is 0.243 e. The van der Waals surface area contributed by atoms with E-state index in [-0.39, 0.29) is 24.5 Å². The number of sulfonamides is 1. The van der Waals surface area contributed by atoms with Gasteiger partial charge in [0.05, 0.1) is 4.90 Å². The molecule has 2 atom stereocenters. The number of hydrogen-bond acceptors (Lipinski definition) is 5. The Labute approximate surface area is 182 Å². The summed E-state index contributed by atoms with van der Waals surface area (Å²) in [6.07, 6.45) is 2.01. The van der Waals surface area contributed by atoms with Gasteiger partial charge in [0.15, 0.2) is 11.5 Å². The Morgan fingerprint density at radius 1 is 0.935 bits per heavy atom. The predicted molar refractivity (Wildman–Crippen MR) is 114 cm³/mol. The molecule has 3 heterocycles. The summed E-state index contributed by atoms with van der Waals surface area (Å²) in [5.74, 6) is 2.02. The number of carbonyl (C=O) groups is 1. The first-order valence-electron chi connectivity index (χ1n) is 10.7. The topological polar surface area (TPSA) is 76.2 Å². The first-order chi connectivity index (χ1) is 15.0. The fourth-order valence-electron chi connectivity index (χ4n) is 4.83. The van der Waals surface area contributed by atoms with Crippen LogP contribution in [-0.4, -0.2) is 50.0 Å². The second-order valence-corrected chi connectivity index (χ2v) is 10.4. The molecule has 0 saturated carbocycles. The van der Waals surface area contributed by atoms with E-state index < -0.39 is 10.0 Å². The molecule has 31 heavy (non-hydrogen) atoms. The molecule has 1 amide bonds. The van der Waals surface area contributed by atoms with Crippen LogP contribution < -0.4 is 9.47 Å². The summed E-state index contributed by atoms with van der Waals surface area (Å²) in [6, 6.07) is 14.4. The number of piperidine rings is 1. The van der Waals surface area contributed by atoms with Gasteiger partial charge in [0.2, 0.25) is 22.7 Å². The third-order valence-corrected chi connectivity index (χ3v) is 8.48. The largest absolute Gasteiger partial charge is 0.454 e. The van der Waals surface area contributed by atoms with E-state index in [2.05, 4.69) is 0 Å². The van der Waals surface area contributed by atoms with E-state index in [1.54, 1.807) is 28.6 Å². The van der Waals surface area contributed by atoms with Crippen LogP contribution >= 0.6 is 0 Å². The van der Waals surface area contributed by atoms with Gasteiger partial charge in [-0.05, 0) is 54.5 Å². The Hall–Kier alpha value is -2.58. The number of benzene rings is 2. The third-order valence-electron chi connectivity index (χ3n) is 6.60. The molecule has 0 unspecified atom stereocenters. The molecule has 2 saturated heterocycles. The Kier molecular flexibility index (Phi) is 5.35. The van der Waals surface area contributed by atoms with Crippen molar-refractivity contribution in [2.24, 2.45) is 11.8 Å². The number of amides is 1. The van der Waals surface area contributed by atoms with Crippen molar-refractivity contribution in [2.75, 3.05) is 26.4 Å². The molecule has 2 aromatic carbocycles. The summed E-state index contributed by atoms with van der Waals surface area (Å²) in [5.41, 5.74) is 1.01. The average molecular weight is 443 g/mol. The van der Waals surface area contributed by atoms with E-state index in [4.69, 9.17) is 9.47 Å². The van der Waals surface area contributed by atoms with Crippen molar-refractivity contribution >= 4 is 15.9 Å². The third kappa shape index (κ3) is 4.02. The zero-order valence-electron chi connectivity index (χ0n) is 17.3. The predicted octanol–water partition coefficient (Wildman–Crippen LogP) is 2.86. The molecule has 3 aliphatic rings. The SMILES string of the molecule is O=C1C[C@H]2CCN(S(=O)(=O)c3ccccc3)C[C@@H]2CCN1Cc1ccc2c(c1)OCO2. The summed E-state index contributed by atoms with van der Waals surface area (Å²) in [6.45, 7) is 2.34. The monoisotopic (exact) mass is 442 g/mol. The number of ether oxygens (including phenoxy) is 2. The lowest BCUT2D eigenvalue weighted by molar-refractivity contribution is -0.132. The van der Waals surface area contributed by atoms with E-state index in [1.165, 1.54) is 0 Å². The molecule has 8 heteroatoms. The van der Waals surface area contributed by atoms with Crippen LogP contribution in [0, 0.1) is 11.8 Å². The van der Waals surface area contributed by atoms with Crippen LogP contribution in [0.2, 0.25) is 0 Å². The van der Waals surface area contributed by atoms with Crippen molar-refractivity contribution in [3.63, 3.8) is 0 Å². The first-order valence-corrected chi connectivity index (χ1v) is 12.2. The van der Waals surface area contributed by atoms with Gasteiger partial charge in [0, 0.05) is 32.6 Å². The van der Waals surface area contributed by atoms with Gasteiger partial charge in [-0.1, -0.05) is 24.3 Å². The highest BCUT2D eigenvalue weighted by atomic mass is 32.2. The number of likely N-dealkylation sites (tertiary alicyclic amines) is 1. The molecule has 0 N–H and O–H groups in total. The quantitative estimate of drug-likeness (QED) is 0.728. The van der Waals surface area contributed by atoms with Crippen molar-refractivity contribution in [3.05, 3.63) is 54.1 Å². The van der Waals surface area contributed by atoms with Gasteiger partial charge in [-0.25, -0.2) is 8.42 Å². The van der Waals surface area contributed by atoms with Crippen molar-refractivity contribution in [1.29, 1.82) is 0 Å². The highest BCUT2D eigenvalue weighted by Gasteiger charge is 2.38. The van der Waals surface area contributed by atoms with Crippen molar-refractivity contribution < 1.29 is 22.7 Å². The highest BCUT2D eigenvalue weighted by molar-refractivity contribution is 7.89. The summed E-state index contributed by atoms with van der Waals surface area (Å²) in [5, 5.41) is 0. The lowest BCUT2D eigenvalue weighted by atomic mass is 9.83. The molecular formula is C23H26N2O5S. The van der Waals surface area contributed by atoms with Crippen molar-refractivity contribution in [3.8, 4) is 11.5 Å². The van der Waals surface area contributed by atoms with Gasteiger partial charge in [0.25, 0.3) is 0 Å². The van der Waals surface area contributed by atoms with Crippen LogP contribution in [0.15, 0.2) is 53.4 Å². The standard InChI is InChI=1S/C23H26N2O5S/c26-23-13-18-9-11-25(31(27,28)20-4-2-1-3-5-20)15-19(18)8-10-24(23)14-17-6-7-21-22(12-17)30-16-29-21/h1-7,12,18-19H,8-11,13-16H2/t18-,19+/m1/s1. The maximum absolute atomic E-state index is 13.0. The van der Waals surface area contributed by atoms with Gasteiger partial charge in [0.1, 0.15) is 0 Å². The second kappa shape index (κ2) is 8.16. The molecule has 7 nitrogen and oxygen atoms in total. The van der Waals surface area contributed by atoms with E-state index in [9.17, 15) is 13.2 Å². The Bertz CT molecular complexity index is 1070. The minimum atomic E-state index is -3.50. The first kappa shape index (κ1) is 20.3. The van der Waals surface area contributed by atoms with Gasteiger partial charge in [-0.3, -0.25) is 4.79 Å². The molecule has 0 aliphatic carbocycles. The molecule has 2 aromatic rings. The highest BCUT2D eigenvalue weighted by Crippen LogP contribution is 2.36. The van der Waals surface area contributed by atoms with Gasteiger partial charge < -0.3 is 14.4 Å². The number of hydrogen-bond donors (Lipinski definition) is 0. The van der Waals surface area contributed by atoms with Gasteiger partial charge in [-0.15, -0.1) is 0 Å². The zero-order chi connectivity index (χ0) is 21.4. The Balaban J connectivity index is 1.27. The van der Waals surface area contributed by atoms with Crippen LogP contribution in [-0.2, 0) is 21.4 Å². The molecule has 0 bridgehead atoms. The lowest BCUT2D eigenvalue weighted by Gasteiger charge is -2.36. The zero-order valence-corrected chi connectivity index (χ0v) is 18.1. The van der Waals surface area contributed by atoms with Crippen LogP contribution in [0.1, 0.15) is 24.8 Å². The van der Waals surface area contributed by atoms with Crippen LogP contribution in [0.3, 0.4) is 0 Å². The van der Waals surface area contributed by atoms with Gasteiger partial charge >= 0.3 is 0 Å². The number of fused-ring (bicyclic) bond motifs is 2. The fourth-order valence-corrected chi connectivity index (χ4v) is 6.36. The van der Waals surface area contributed by atoms with Crippen molar-refractivity contribution in [2.45, 2.75) is 30.7 Å². The summed E-state index contributed by atoms with van der Waals surface area (Å²) in [4.78, 5) is 15.2. The smallest absolute Gasteiger partial charge is 0.243 e.